The molecule has 0 saturated carbocycles. The Kier molecular flexibility index (Phi) is 3.48. The van der Waals surface area contributed by atoms with Crippen LogP contribution in [0.2, 0.25) is 0 Å². The lowest BCUT2D eigenvalue weighted by atomic mass is 10.1. The molecule has 1 rings (SSSR count). The van der Waals surface area contributed by atoms with E-state index in [1.54, 1.807) is 12.1 Å². The SMILES string of the molecule is CC(O)C(O)CC(O)c1ccco1. The second-order valence-electron chi connectivity index (χ2n) is 3.07. The summed E-state index contributed by atoms with van der Waals surface area (Å²) in [5.41, 5.74) is 0. The van der Waals surface area contributed by atoms with Gasteiger partial charge in [-0.3, -0.25) is 0 Å². The Morgan fingerprint density at radius 1 is 1.38 bits per heavy atom. The fraction of sp³-hybridized carbons (Fsp3) is 0.556. The highest BCUT2D eigenvalue weighted by atomic mass is 16.4. The molecule has 0 saturated heterocycles. The van der Waals surface area contributed by atoms with Crippen molar-refractivity contribution in [3.63, 3.8) is 0 Å². The Morgan fingerprint density at radius 3 is 2.54 bits per heavy atom. The molecule has 0 spiro atoms. The van der Waals surface area contributed by atoms with E-state index in [1.807, 2.05) is 0 Å². The third-order valence-electron chi connectivity index (χ3n) is 1.89. The number of hydrogen-bond acceptors (Lipinski definition) is 4. The van der Waals surface area contributed by atoms with Gasteiger partial charge in [-0.05, 0) is 19.1 Å². The lowest BCUT2D eigenvalue weighted by Gasteiger charge is -2.16. The molecule has 0 amide bonds. The van der Waals surface area contributed by atoms with Gasteiger partial charge in [-0.25, -0.2) is 0 Å². The van der Waals surface area contributed by atoms with Gasteiger partial charge in [0.15, 0.2) is 0 Å². The zero-order chi connectivity index (χ0) is 9.84. The van der Waals surface area contributed by atoms with Gasteiger partial charge in [0.05, 0.1) is 18.5 Å². The van der Waals surface area contributed by atoms with E-state index in [9.17, 15) is 10.2 Å². The van der Waals surface area contributed by atoms with Crippen molar-refractivity contribution < 1.29 is 19.7 Å². The average Bonchev–Trinajstić information content (AvgIpc) is 2.55. The maximum Gasteiger partial charge on any atom is 0.132 e. The molecular formula is C9H14O4. The van der Waals surface area contributed by atoms with E-state index in [2.05, 4.69) is 0 Å². The summed E-state index contributed by atoms with van der Waals surface area (Å²) in [6.45, 7) is 1.47. The van der Waals surface area contributed by atoms with Crippen LogP contribution in [0.3, 0.4) is 0 Å². The summed E-state index contributed by atoms with van der Waals surface area (Å²) in [4.78, 5) is 0. The molecule has 4 heteroatoms. The van der Waals surface area contributed by atoms with Crippen LogP contribution in [0.15, 0.2) is 22.8 Å². The Balaban J connectivity index is 2.46. The minimum Gasteiger partial charge on any atom is -0.467 e. The van der Waals surface area contributed by atoms with Gasteiger partial charge in [-0.1, -0.05) is 0 Å². The molecule has 0 aromatic carbocycles. The van der Waals surface area contributed by atoms with Crippen molar-refractivity contribution in [2.75, 3.05) is 0 Å². The monoisotopic (exact) mass is 186 g/mol. The standard InChI is InChI=1S/C9H14O4/c1-6(10)7(11)5-8(12)9-3-2-4-13-9/h2-4,6-8,10-12H,5H2,1H3. The summed E-state index contributed by atoms with van der Waals surface area (Å²) in [7, 11) is 0. The predicted molar refractivity (Wildman–Crippen MR) is 46.0 cm³/mol. The van der Waals surface area contributed by atoms with E-state index in [-0.39, 0.29) is 6.42 Å². The minimum atomic E-state index is -0.930. The predicted octanol–water partition coefficient (Wildman–Crippen LogP) is 0.445. The van der Waals surface area contributed by atoms with Crippen molar-refractivity contribution in [3.05, 3.63) is 24.2 Å². The van der Waals surface area contributed by atoms with Crippen LogP contribution >= 0.6 is 0 Å². The number of rotatable bonds is 4. The van der Waals surface area contributed by atoms with Crippen molar-refractivity contribution in [1.29, 1.82) is 0 Å². The molecule has 0 aliphatic heterocycles. The Labute approximate surface area is 76.4 Å². The number of furan rings is 1. The van der Waals surface area contributed by atoms with Gasteiger partial charge < -0.3 is 19.7 Å². The second-order valence-corrected chi connectivity index (χ2v) is 3.07. The first-order chi connectivity index (χ1) is 6.11. The average molecular weight is 186 g/mol. The van der Waals surface area contributed by atoms with E-state index in [0.29, 0.717) is 5.76 Å². The normalized spacial score (nSPS) is 18.2. The fourth-order valence-corrected chi connectivity index (χ4v) is 1.02. The smallest absolute Gasteiger partial charge is 0.132 e. The van der Waals surface area contributed by atoms with Crippen LogP contribution in [0.25, 0.3) is 0 Å². The van der Waals surface area contributed by atoms with Crippen LogP contribution in [-0.2, 0) is 0 Å². The minimum absolute atomic E-state index is 0.0746. The quantitative estimate of drug-likeness (QED) is 0.638. The van der Waals surface area contributed by atoms with E-state index in [0.717, 1.165) is 0 Å². The Morgan fingerprint density at radius 2 is 2.08 bits per heavy atom. The summed E-state index contributed by atoms with van der Waals surface area (Å²) >= 11 is 0. The molecule has 1 aromatic heterocycles. The lowest BCUT2D eigenvalue weighted by molar-refractivity contribution is -0.00791. The highest BCUT2D eigenvalue weighted by molar-refractivity contribution is 5.02. The molecule has 3 atom stereocenters. The lowest BCUT2D eigenvalue weighted by Crippen LogP contribution is -2.24. The van der Waals surface area contributed by atoms with Gasteiger partial charge in [0.2, 0.25) is 0 Å². The largest absolute Gasteiger partial charge is 0.467 e. The van der Waals surface area contributed by atoms with E-state index >= 15 is 0 Å². The molecule has 0 aliphatic rings. The fourth-order valence-electron chi connectivity index (χ4n) is 1.02. The van der Waals surface area contributed by atoms with Gasteiger partial charge in [0, 0.05) is 6.42 Å². The Hall–Kier alpha value is -0.840. The van der Waals surface area contributed by atoms with E-state index < -0.39 is 18.3 Å². The topological polar surface area (TPSA) is 73.8 Å². The molecule has 0 aliphatic carbocycles. The molecule has 1 aromatic rings. The highest BCUT2D eigenvalue weighted by Gasteiger charge is 2.19. The summed E-state index contributed by atoms with van der Waals surface area (Å²) < 4.78 is 4.93. The van der Waals surface area contributed by atoms with Gasteiger partial charge in [0.1, 0.15) is 11.9 Å². The zero-order valence-corrected chi connectivity index (χ0v) is 7.42. The van der Waals surface area contributed by atoms with Gasteiger partial charge >= 0.3 is 0 Å². The molecule has 3 unspecified atom stereocenters. The summed E-state index contributed by atoms with van der Waals surface area (Å²) in [6, 6.07) is 3.28. The van der Waals surface area contributed by atoms with Crippen LogP contribution in [0, 0.1) is 0 Å². The second kappa shape index (κ2) is 4.41. The maximum absolute atomic E-state index is 9.46. The first-order valence-electron chi connectivity index (χ1n) is 4.19. The van der Waals surface area contributed by atoms with E-state index in [1.165, 1.54) is 13.2 Å². The van der Waals surface area contributed by atoms with Crippen LogP contribution < -0.4 is 0 Å². The van der Waals surface area contributed by atoms with Gasteiger partial charge in [-0.2, -0.15) is 0 Å². The molecule has 13 heavy (non-hydrogen) atoms. The summed E-state index contributed by atoms with van der Waals surface area (Å²) in [5, 5.41) is 27.7. The van der Waals surface area contributed by atoms with Crippen molar-refractivity contribution in [2.24, 2.45) is 0 Å². The number of hydrogen-bond donors (Lipinski definition) is 3. The van der Waals surface area contributed by atoms with E-state index in [4.69, 9.17) is 9.52 Å². The van der Waals surface area contributed by atoms with Crippen molar-refractivity contribution in [3.8, 4) is 0 Å². The van der Waals surface area contributed by atoms with Crippen molar-refractivity contribution in [2.45, 2.75) is 31.7 Å². The Bertz CT molecular complexity index is 230. The third kappa shape index (κ3) is 2.84. The molecule has 3 N–H and O–H groups in total. The summed E-state index contributed by atoms with van der Waals surface area (Å²) in [5.74, 6) is 0.403. The zero-order valence-electron chi connectivity index (χ0n) is 7.42. The molecule has 74 valence electrons. The van der Waals surface area contributed by atoms with Crippen molar-refractivity contribution >= 4 is 0 Å². The van der Waals surface area contributed by atoms with Crippen LogP contribution in [0.1, 0.15) is 25.2 Å². The molecule has 0 fully saturated rings. The van der Waals surface area contributed by atoms with Crippen LogP contribution in [0.5, 0.6) is 0 Å². The third-order valence-corrected chi connectivity index (χ3v) is 1.89. The highest BCUT2D eigenvalue weighted by Crippen LogP contribution is 2.19. The molecule has 0 radical (unpaired) electrons. The number of aliphatic hydroxyl groups is 3. The van der Waals surface area contributed by atoms with Crippen LogP contribution in [0.4, 0.5) is 0 Å². The van der Waals surface area contributed by atoms with Crippen molar-refractivity contribution in [1.82, 2.24) is 0 Å². The summed E-state index contributed by atoms with van der Waals surface area (Å²) in [6.07, 6.45) is -1.11. The first kappa shape index (κ1) is 10.2. The maximum atomic E-state index is 9.46. The van der Waals surface area contributed by atoms with Gasteiger partial charge in [0.25, 0.3) is 0 Å². The number of aliphatic hydroxyl groups excluding tert-OH is 3. The molecule has 1 heterocycles. The molecular weight excluding hydrogens is 172 g/mol. The first-order valence-corrected chi connectivity index (χ1v) is 4.19. The molecule has 0 bridgehead atoms. The van der Waals surface area contributed by atoms with Crippen LogP contribution in [-0.4, -0.2) is 27.5 Å². The van der Waals surface area contributed by atoms with Gasteiger partial charge in [-0.15, -0.1) is 0 Å². The molecule has 4 nitrogen and oxygen atoms in total.